The molecule has 0 saturated heterocycles. The number of methoxy groups -OCH3 is 1. The molecule has 2 atom stereocenters. The van der Waals surface area contributed by atoms with E-state index >= 15 is 0 Å². The molecule has 142 valence electrons. The van der Waals surface area contributed by atoms with Gasteiger partial charge in [0.25, 0.3) is 0 Å². The summed E-state index contributed by atoms with van der Waals surface area (Å²) in [5.41, 5.74) is 3.89. The number of thioether (sulfide) groups is 1. The lowest BCUT2D eigenvalue weighted by Crippen LogP contribution is -2.40. The van der Waals surface area contributed by atoms with Crippen LogP contribution in [0.2, 0.25) is 0 Å². The fourth-order valence-corrected chi connectivity index (χ4v) is 4.21. The zero-order valence-electron chi connectivity index (χ0n) is 15.8. The lowest BCUT2D eigenvalue weighted by Gasteiger charge is -2.38. The lowest BCUT2D eigenvalue weighted by molar-refractivity contribution is -0.0198. The van der Waals surface area contributed by atoms with Gasteiger partial charge in [-0.2, -0.15) is 16.9 Å². The van der Waals surface area contributed by atoms with Crippen LogP contribution in [0.5, 0.6) is 17.2 Å². The number of hydrogen-bond acceptors (Lipinski definition) is 6. The zero-order chi connectivity index (χ0) is 19.0. The first-order chi connectivity index (χ1) is 13.1. The second kappa shape index (κ2) is 7.35. The normalized spacial score (nSPS) is 20.6. The lowest BCUT2D eigenvalue weighted by atomic mass is 9.95. The molecule has 0 bridgehead atoms. The number of phenolic OH excluding ortho intramolecular Hbond substituents is 1. The maximum atomic E-state index is 10.4. The Morgan fingerprint density at radius 2 is 2.19 bits per heavy atom. The van der Waals surface area contributed by atoms with Crippen LogP contribution < -0.4 is 9.47 Å². The van der Waals surface area contributed by atoms with E-state index in [-0.39, 0.29) is 18.0 Å². The van der Waals surface area contributed by atoms with Gasteiger partial charge < -0.3 is 14.6 Å². The molecular weight excluding hydrogens is 360 g/mol. The summed E-state index contributed by atoms with van der Waals surface area (Å²) in [5.74, 6) is 2.83. The van der Waals surface area contributed by atoms with E-state index in [1.165, 1.54) is 0 Å². The molecule has 6 heteroatoms. The maximum Gasteiger partial charge on any atom is 0.188 e. The second-order valence-corrected chi connectivity index (χ2v) is 7.89. The number of ether oxygens (including phenoxy) is 2. The molecule has 0 spiro atoms. The number of fused-ring (bicyclic) bond motifs is 3. The fraction of sp³-hybridized carbons (Fsp3) is 0.381. The largest absolute Gasteiger partial charge is 0.507 e. The Labute approximate surface area is 164 Å². The van der Waals surface area contributed by atoms with E-state index in [0.717, 1.165) is 52.5 Å². The summed E-state index contributed by atoms with van der Waals surface area (Å²) in [7, 11) is 1.67. The first kappa shape index (κ1) is 18.0. The van der Waals surface area contributed by atoms with Gasteiger partial charge in [0.05, 0.1) is 18.9 Å². The van der Waals surface area contributed by atoms with E-state index in [0.29, 0.717) is 0 Å². The number of benzene rings is 2. The zero-order valence-corrected chi connectivity index (χ0v) is 16.6. The number of para-hydroxylation sites is 1. The molecule has 0 aliphatic carbocycles. The summed E-state index contributed by atoms with van der Waals surface area (Å²) >= 11 is 1.80. The smallest absolute Gasteiger partial charge is 0.188 e. The second-order valence-electron chi connectivity index (χ2n) is 6.90. The van der Waals surface area contributed by atoms with Crippen LogP contribution in [0.15, 0.2) is 41.5 Å². The van der Waals surface area contributed by atoms with E-state index in [1.807, 2.05) is 31.2 Å². The third kappa shape index (κ3) is 3.23. The Morgan fingerprint density at radius 3 is 2.96 bits per heavy atom. The van der Waals surface area contributed by atoms with Gasteiger partial charge in [0.15, 0.2) is 17.7 Å². The van der Waals surface area contributed by atoms with Gasteiger partial charge in [-0.3, -0.25) is 5.01 Å². The number of hydrazone groups is 1. The first-order valence-electron chi connectivity index (χ1n) is 9.10. The van der Waals surface area contributed by atoms with Crippen LogP contribution in [-0.2, 0) is 0 Å². The van der Waals surface area contributed by atoms with Crippen LogP contribution in [0.3, 0.4) is 0 Å². The van der Waals surface area contributed by atoms with Crippen molar-refractivity contribution < 1.29 is 14.6 Å². The highest BCUT2D eigenvalue weighted by molar-refractivity contribution is 7.98. The minimum atomic E-state index is -0.143. The summed E-state index contributed by atoms with van der Waals surface area (Å²) in [4.78, 5) is 0. The van der Waals surface area contributed by atoms with Crippen molar-refractivity contribution in [1.82, 2.24) is 5.01 Å². The fourth-order valence-electron chi connectivity index (χ4n) is 3.77. The van der Waals surface area contributed by atoms with Gasteiger partial charge in [-0.1, -0.05) is 23.8 Å². The van der Waals surface area contributed by atoms with Crippen molar-refractivity contribution in [1.29, 1.82) is 0 Å². The highest BCUT2D eigenvalue weighted by atomic mass is 32.2. The number of nitrogens with zero attached hydrogens (tertiary/aromatic N) is 2. The van der Waals surface area contributed by atoms with E-state index in [4.69, 9.17) is 14.6 Å². The van der Waals surface area contributed by atoms with Gasteiger partial charge in [-0.05, 0) is 37.1 Å². The molecule has 2 aromatic carbocycles. The molecule has 2 heterocycles. The maximum absolute atomic E-state index is 10.4. The van der Waals surface area contributed by atoms with Crippen LogP contribution in [0.4, 0.5) is 0 Å². The number of phenols is 1. The number of aryl methyl sites for hydroxylation is 1. The summed E-state index contributed by atoms with van der Waals surface area (Å²) < 4.78 is 11.9. The Kier molecular flexibility index (Phi) is 4.91. The van der Waals surface area contributed by atoms with Crippen LogP contribution in [0.25, 0.3) is 0 Å². The molecular formula is C21H24N2O3S. The Hall–Kier alpha value is -2.34. The van der Waals surface area contributed by atoms with E-state index < -0.39 is 0 Å². The van der Waals surface area contributed by atoms with Gasteiger partial charge in [0, 0.05) is 24.0 Å². The van der Waals surface area contributed by atoms with Crippen molar-refractivity contribution in [3.8, 4) is 17.2 Å². The molecule has 0 amide bonds. The van der Waals surface area contributed by atoms with Crippen LogP contribution in [-0.4, -0.2) is 41.2 Å². The topological polar surface area (TPSA) is 54.3 Å². The van der Waals surface area contributed by atoms with Gasteiger partial charge in [0.2, 0.25) is 0 Å². The highest BCUT2D eigenvalue weighted by Gasteiger charge is 2.41. The van der Waals surface area contributed by atoms with Crippen molar-refractivity contribution >= 4 is 17.5 Å². The molecule has 2 aliphatic rings. The molecule has 0 saturated carbocycles. The van der Waals surface area contributed by atoms with Crippen molar-refractivity contribution in [3.63, 3.8) is 0 Å². The minimum absolute atomic E-state index is 0.0885. The molecule has 2 aliphatic heterocycles. The molecule has 0 aromatic heterocycles. The number of aromatic hydroxyl groups is 1. The molecule has 4 rings (SSSR count). The van der Waals surface area contributed by atoms with Crippen molar-refractivity contribution in [2.45, 2.75) is 32.0 Å². The minimum Gasteiger partial charge on any atom is -0.507 e. The molecule has 27 heavy (non-hydrogen) atoms. The molecule has 0 fully saturated rings. The predicted octanol–water partition coefficient (Wildman–Crippen LogP) is 4.33. The standard InChI is InChI=1S/C21H24N2O3S/c1-13-7-8-18(24)15(11-13)16-12-17-14-5-4-6-19(25-2)21(14)26-20(9-10-27-3)23(17)22-16/h4-8,11,17,20,24H,9-10,12H2,1-3H3/t17-,20-/m0/s1. The van der Waals surface area contributed by atoms with E-state index in [1.54, 1.807) is 24.9 Å². The third-order valence-electron chi connectivity index (χ3n) is 5.11. The van der Waals surface area contributed by atoms with Gasteiger partial charge >= 0.3 is 0 Å². The Bertz CT molecular complexity index is 884. The third-order valence-corrected chi connectivity index (χ3v) is 5.76. The monoisotopic (exact) mass is 384 g/mol. The molecule has 0 radical (unpaired) electrons. The van der Waals surface area contributed by atoms with E-state index in [9.17, 15) is 5.11 Å². The first-order valence-corrected chi connectivity index (χ1v) is 10.5. The summed E-state index contributed by atoms with van der Waals surface area (Å²) in [6, 6.07) is 11.7. The Morgan fingerprint density at radius 1 is 1.33 bits per heavy atom. The molecule has 1 N–H and O–H groups in total. The highest BCUT2D eigenvalue weighted by Crippen LogP contribution is 2.47. The molecule has 2 aromatic rings. The average Bonchev–Trinajstić information content (AvgIpc) is 3.13. The predicted molar refractivity (Wildman–Crippen MR) is 109 cm³/mol. The van der Waals surface area contributed by atoms with E-state index in [2.05, 4.69) is 17.3 Å². The van der Waals surface area contributed by atoms with Crippen LogP contribution in [0, 0.1) is 6.92 Å². The summed E-state index contributed by atoms with van der Waals surface area (Å²) in [6.45, 7) is 2.02. The molecule has 0 unspecified atom stereocenters. The van der Waals surface area contributed by atoms with Gasteiger partial charge in [0.1, 0.15) is 5.75 Å². The number of rotatable bonds is 5. The summed E-state index contributed by atoms with van der Waals surface area (Å²) in [6.07, 6.45) is 3.55. The van der Waals surface area contributed by atoms with Gasteiger partial charge in [-0.15, -0.1) is 0 Å². The van der Waals surface area contributed by atoms with Crippen LogP contribution in [0.1, 0.15) is 35.6 Å². The quantitative estimate of drug-likeness (QED) is 0.831. The number of hydrogen-bond donors (Lipinski definition) is 1. The van der Waals surface area contributed by atoms with Gasteiger partial charge in [-0.25, -0.2) is 0 Å². The SMILES string of the molecule is COc1cccc2c1O[C@@H](CCSC)N1N=C(c3cc(C)ccc3O)C[C@@H]21. The van der Waals surface area contributed by atoms with Crippen molar-refractivity contribution in [2.75, 3.05) is 19.1 Å². The molecule has 5 nitrogen and oxygen atoms in total. The Balaban J connectivity index is 1.75. The average molecular weight is 385 g/mol. The summed E-state index contributed by atoms with van der Waals surface area (Å²) in [5, 5.41) is 17.3. The van der Waals surface area contributed by atoms with Crippen LogP contribution >= 0.6 is 11.8 Å². The van der Waals surface area contributed by atoms with Crippen molar-refractivity contribution in [2.24, 2.45) is 5.10 Å². The van der Waals surface area contributed by atoms with Crippen molar-refractivity contribution in [3.05, 3.63) is 53.1 Å².